The Morgan fingerprint density at radius 1 is 0.750 bits per heavy atom. The SMILES string of the molecule is CC(=O)N1CCN(c2nc3c(cc2F)c(=O)c(C(=O)NCCN2CCCC2)c2n(C)c4ccccc4n32)CC1.CN1CCCC1CCNC(=O)c1c(=O)c2ccc(N3CCC(c4cnccn4)C3)nc2n2c1sc1ccc(Cl)cc12. The van der Waals surface area contributed by atoms with Crippen LogP contribution in [0.15, 0.2) is 88.8 Å². The van der Waals surface area contributed by atoms with Gasteiger partial charge in [0.1, 0.15) is 27.4 Å². The molecule has 4 fully saturated rings. The molecule has 4 saturated heterocycles. The van der Waals surface area contributed by atoms with Crippen LogP contribution in [0, 0.1) is 5.82 Å². The summed E-state index contributed by atoms with van der Waals surface area (Å²) in [6.45, 7) is 9.68. The van der Waals surface area contributed by atoms with Crippen LogP contribution in [0.3, 0.4) is 0 Å². The topological polar surface area (TPSA) is 191 Å². The third-order valence-electron chi connectivity index (χ3n) is 16.5. The number of piperazine rings is 1. The Kier molecular flexibility index (Phi) is 14.7. The van der Waals surface area contributed by atoms with Gasteiger partial charge in [0.05, 0.1) is 37.7 Å². The fraction of sp³-hybridized carbons (Fsp3) is 0.397. The van der Waals surface area contributed by atoms with E-state index in [0.717, 1.165) is 104 Å². The number of amides is 3. The zero-order chi connectivity index (χ0) is 55.3. The van der Waals surface area contributed by atoms with E-state index in [1.807, 2.05) is 70.7 Å². The van der Waals surface area contributed by atoms with E-state index >= 15 is 4.39 Å². The standard InChI is InChI=1S/C30H30ClN7O2S.C28H32FN7O3/c1-36-13-2-3-20(36)8-10-34-29(40)26-27(39)21-5-7-25(37-14-9-18(17-37)22-16-32-11-12-33-22)35-28(21)38-23-15-19(31)4-6-24(23)41-30(26)38;1-18(37)34-13-15-35(16-14-34)26-20(29)17-19-24(38)23(27(39)30-9-12-33-10-5-6-11-33)28-32(2)21-7-3-4-8-22(21)36(28)25(19)31-26/h4-7,11-12,15-16,18,20H,2-3,8-10,13-14,17H2,1H3,(H,34,40);3-4,7-8,17H,5-6,9-16H2,1-2H3,(H,30,39). The van der Waals surface area contributed by atoms with Crippen LogP contribution < -0.4 is 31.3 Å². The number of hydrogen-bond donors (Lipinski definition) is 2. The minimum absolute atomic E-state index is 0.0168. The summed E-state index contributed by atoms with van der Waals surface area (Å²) in [5, 5.41) is 7.01. The molecular formula is C58H62ClFN14O5S. The molecule has 19 nitrogen and oxygen atoms in total. The molecular weight excluding hydrogens is 1060 g/mol. The third-order valence-corrected chi connectivity index (χ3v) is 17.9. The van der Waals surface area contributed by atoms with Crippen LogP contribution >= 0.6 is 22.9 Å². The summed E-state index contributed by atoms with van der Waals surface area (Å²) in [7, 11) is 3.94. The van der Waals surface area contributed by atoms with E-state index in [1.165, 1.54) is 30.7 Å². The van der Waals surface area contributed by atoms with Gasteiger partial charge in [0.2, 0.25) is 16.8 Å². The number of aromatic nitrogens is 7. The molecule has 4 aliphatic rings. The number of hydrogen-bond acceptors (Lipinski definition) is 14. The molecule has 13 rings (SSSR count). The molecule has 4 aliphatic heterocycles. The van der Waals surface area contributed by atoms with Gasteiger partial charge in [0.15, 0.2) is 22.9 Å². The monoisotopic (exact) mass is 1120 g/mol. The van der Waals surface area contributed by atoms with Crippen molar-refractivity contribution in [1.29, 1.82) is 0 Å². The van der Waals surface area contributed by atoms with Gasteiger partial charge in [-0.2, -0.15) is 0 Å². The number of para-hydroxylation sites is 2. The lowest BCUT2D eigenvalue weighted by atomic mass is 10.1. The van der Waals surface area contributed by atoms with Gasteiger partial charge in [0, 0.05) is 108 Å². The minimum Gasteiger partial charge on any atom is -0.356 e. The van der Waals surface area contributed by atoms with E-state index in [1.54, 1.807) is 32.7 Å². The zero-order valence-electron chi connectivity index (χ0n) is 45.0. The van der Waals surface area contributed by atoms with Crippen LogP contribution in [0.2, 0.25) is 5.02 Å². The van der Waals surface area contributed by atoms with Gasteiger partial charge < -0.3 is 39.7 Å². The number of fused-ring (bicyclic) bond motifs is 10. The second kappa shape index (κ2) is 22.2. The van der Waals surface area contributed by atoms with Crippen LogP contribution in [0.25, 0.3) is 53.8 Å². The van der Waals surface area contributed by atoms with Crippen molar-refractivity contribution in [3.05, 3.63) is 127 Å². The van der Waals surface area contributed by atoms with Crippen LogP contribution in [-0.4, -0.2) is 157 Å². The maximum absolute atomic E-state index is 15.5. The lowest BCUT2D eigenvalue weighted by molar-refractivity contribution is -0.129. The predicted octanol–water partition coefficient (Wildman–Crippen LogP) is 6.69. The Labute approximate surface area is 468 Å². The number of carbonyl (C=O) groups is 3. The third kappa shape index (κ3) is 9.87. The van der Waals surface area contributed by atoms with Gasteiger partial charge in [-0.1, -0.05) is 23.7 Å². The quantitative estimate of drug-likeness (QED) is 0.140. The first kappa shape index (κ1) is 53.1. The Morgan fingerprint density at radius 3 is 2.25 bits per heavy atom. The highest BCUT2D eigenvalue weighted by atomic mass is 35.5. The number of rotatable bonds is 11. The molecule has 2 atom stereocenters. The van der Waals surface area contributed by atoms with Crippen LogP contribution in [0.1, 0.15) is 77.8 Å². The summed E-state index contributed by atoms with van der Waals surface area (Å²) in [6.07, 6.45) is 11.7. The van der Waals surface area contributed by atoms with E-state index in [-0.39, 0.29) is 45.5 Å². The maximum Gasteiger partial charge on any atom is 0.259 e. The molecule has 0 radical (unpaired) electrons. The summed E-state index contributed by atoms with van der Waals surface area (Å²) < 4.78 is 22.0. The molecule has 2 N–H and O–H groups in total. The predicted molar refractivity (Wildman–Crippen MR) is 311 cm³/mol. The van der Waals surface area contributed by atoms with Crippen molar-refractivity contribution in [2.24, 2.45) is 7.05 Å². The van der Waals surface area contributed by atoms with E-state index < -0.39 is 17.2 Å². The molecule has 80 heavy (non-hydrogen) atoms. The Balaban J connectivity index is 0.000000159. The molecule has 9 aromatic rings. The van der Waals surface area contributed by atoms with Crippen LogP contribution in [-0.2, 0) is 11.8 Å². The Hall–Kier alpha value is -7.59. The highest BCUT2D eigenvalue weighted by Gasteiger charge is 2.31. The summed E-state index contributed by atoms with van der Waals surface area (Å²) >= 11 is 7.83. The van der Waals surface area contributed by atoms with Crippen LogP contribution in [0.4, 0.5) is 16.0 Å². The van der Waals surface area contributed by atoms with Crippen molar-refractivity contribution in [2.75, 3.05) is 95.4 Å². The molecule has 2 unspecified atom stereocenters. The molecule has 7 aromatic heterocycles. The fourth-order valence-corrected chi connectivity index (χ4v) is 13.6. The summed E-state index contributed by atoms with van der Waals surface area (Å²) in [5.41, 5.74) is 3.92. The highest BCUT2D eigenvalue weighted by Crippen LogP contribution is 2.35. The van der Waals surface area contributed by atoms with Gasteiger partial charge >= 0.3 is 0 Å². The lowest BCUT2D eigenvalue weighted by Gasteiger charge is -2.35. The lowest BCUT2D eigenvalue weighted by Crippen LogP contribution is -2.48. The number of carbonyl (C=O) groups excluding carboxylic acids is 3. The first-order valence-corrected chi connectivity index (χ1v) is 28.7. The number of benzene rings is 2. The summed E-state index contributed by atoms with van der Waals surface area (Å²) in [5.74, 6) is -0.281. The number of nitrogens with one attached hydrogen (secondary N) is 2. The van der Waals surface area contributed by atoms with Gasteiger partial charge in [-0.05, 0) is 114 Å². The largest absolute Gasteiger partial charge is 0.356 e. The van der Waals surface area contributed by atoms with Crippen molar-refractivity contribution in [1.82, 2.24) is 58.6 Å². The van der Waals surface area contributed by atoms with Gasteiger partial charge in [0.25, 0.3) is 11.8 Å². The summed E-state index contributed by atoms with van der Waals surface area (Å²) in [4.78, 5) is 95.9. The molecule has 11 heterocycles. The fourth-order valence-electron chi connectivity index (χ4n) is 12.2. The zero-order valence-corrected chi connectivity index (χ0v) is 46.5. The molecule has 22 heteroatoms. The maximum atomic E-state index is 15.5. The minimum atomic E-state index is -0.628. The van der Waals surface area contributed by atoms with E-state index in [9.17, 15) is 24.0 Å². The van der Waals surface area contributed by atoms with Crippen molar-refractivity contribution in [2.45, 2.75) is 57.4 Å². The van der Waals surface area contributed by atoms with Gasteiger partial charge in [-0.3, -0.25) is 42.7 Å². The van der Waals surface area contributed by atoms with E-state index in [2.05, 4.69) is 42.3 Å². The molecule has 0 saturated carbocycles. The second-order valence-electron chi connectivity index (χ2n) is 21.4. The molecule has 2 aromatic carbocycles. The molecule has 0 spiro atoms. The number of likely N-dealkylation sites (tertiary alicyclic amines) is 2. The first-order valence-electron chi connectivity index (χ1n) is 27.5. The van der Waals surface area contributed by atoms with Crippen molar-refractivity contribution >= 4 is 106 Å². The average Bonchev–Trinajstić information content (AvgIpc) is 4.41. The van der Waals surface area contributed by atoms with E-state index in [0.29, 0.717) is 77.5 Å². The molecule has 414 valence electrons. The smallest absolute Gasteiger partial charge is 0.259 e. The Morgan fingerprint density at radius 2 is 1.50 bits per heavy atom. The van der Waals surface area contributed by atoms with Crippen LogP contribution in [0.5, 0.6) is 0 Å². The molecule has 0 bridgehead atoms. The normalized spacial score (nSPS) is 18.1. The summed E-state index contributed by atoms with van der Waals surface area (Å²) in [6, 6.07) is 18.6. The number of thiazole rings is 1. The van der Waals surface area contributed by atoms with Crippen molar-refractivity contribution < 1.29 is 18.8 Å². The Bertz CT molecular complexity index is 4020. The van der Waals surface area contributed by atoms with Crippen molar-refractivity contribution in [3.63, 3.8) is 0 Å². The number of halogens is 2. The second-order valence-corrected chi connectivity index (χ2v) is 22.8. The number of nitrogens with zero attached hydrogens (tertiary/aromatic N) is 12. The number of aryl methyl sites for hydroxylation is 1. The highest BCUT2D eigenvalue weighted by molar-refractivity contribution is 7.24. The van der Waals surface area contributed by atoms with E-state index in [4.69, 9.17) is 21.6 Å². The number of imidazole rings is 1. The van der Waals surface area contributed by atoms with Gasteiger partial charge in [-0.15, -0.1) is 11.3 Å². The van der Waals surface area contributed by atoms with Gasteiger partial charge in [-0.25, -0.2) is 14.4 Å². The first-order chi connectivity index (χ1) is 38.8. The number of anilines is 2. The number of pyridine rings is 4. The average molecular weight is 1120 g/mol. The van der Waals surface area contributed by atoms with Crippen molar-refractivity contribution in [3.8, 4) is 0 Å². The molecule has 0 aliphatic carbocycles. The molecule has 3 amide bonds.